The minimum Gasteiger partial charge on any atom is -0.504 e. The van der Waals surface area contributed by atoms with Crippen molar-refractivity contribution in [2.24, 2.45) is 0 Å². The molecule has 0 amide bonds. The summed E-state index contributed by atoms with van der Waals surface area (Å²) >= 11 is 1.69. The molecule has 0 spiro atoms. The molecular formula is C11H11LiS. The molecule has 0 radical (unpaired) electrons. The second kappa shape index (κ2) is 8.21. The molecule has 0 N–H and O–H groups in total. The van der Waals surface area contributed by atoms with Crippen molar-refractivity contribution >= 4 is 11.3 Å². The van der Waals surface area contributed by atoms with Gasteiger partial charge in [-0.15, -0.1) is 11.3 Å². The van der Waals surface area contributed by atoms with Crippen LogP contribution in [0, 0.1) is 17.9 Å². The number of hydrogen-bond donors (Lipinski definition) is 0. The van der Waals surface area contributed by atoms with Crippen molar-refractivity contribution in [2.75, 3.05) is 0 Å². The van der Waals surface area contributed by atoms with Crippen LogP contribution < -0.4 is 18.9 Å². The molecule has 0 aromatic carbocycles. The molecule has 0 nitrogen and oxygen atoms in total. The van der Waals surface area contributed by atoms with E-state index in [2.05, 4.69) is 24.5 Å². The fourth-order valence-electron chi connectivity index (χ4n) is 0.801. The van der Waals surface area contributed by atoms with E-state index in [1.54, 1.807) is 11.3 Å². The molecule has 1 aromatic rings. The molecule has 62 valence electrons. The predicted molar refractivity (Wildman–Crippen MR) is 53.9 cm³/mol. The van der Waals surface area contributed by atoms with Crippen LogP contribution in [0.5, 0.6) is 0 Å². The Bertz CT molecular complexity index is 277. The molecule has 0 bridgehead atoms. The molecule has 0 aliphatic carbocycles. The van der Waals surface area contributed by atoms with Gasteiger partial charge in [0.1, 0.15) is 0 Å². The van der Waals surface area contributed by atoms with E-state index in [4.69, 9.17) is 0 Å². The first-order chi connectivity index (χ1) is 5.93. The Labute approximate surface area is 96.2 Å². The van der Waals surface area contributed by atoms with Gasteiger partial charge in [0.25, 0.3) is 0 Å². The number of hydrogen-bond acceptors (Lipinski definition) is 1. The molecule has 13 heavy (non-hydrogen) atoms. The monoisotopic (exact) mass is 182 g/mol. The molecule has 0 saturated carbocycles. The fourth-order valence-corrected chi connectivity index (χ4v) is 1.39. The molecule has 0 aliphatic rings. The molecule has 1 rings (SSSR count). The summed E-state index contributed by atoms with van der Waals surface area (Å²) in [5.74, 6) is 6.22. The Kier molecular flexibility index (Phi) is 7.95. The number of rotatable bonds is 3. The molecule has 0 saturated heterocycles. The van der Waals surface area contributed by atoms with Crippen LogP contribution in [0.3, 0.4) is 0 Å². The molecule has 2 heteroatoms. The van der Waals surface area contributed by atoms with E-state index in [0.717, 1.165) is 24.1 Å². The van der Waals surface area contributed by atoms with Crippen molar-refractivity contribution in [3.05, 3.63) is 35.0 Å². The molecular weight excluding hydrogens is 171 g/mol. The Balaban J connectivity index is 0.00000144. The Hall–Kier alpha value is -0.403. The SMILES string of the molecule is C=[C-]CCCC#Cc1cccs1.[Li+]. The predicted octanol–water partition coefficient (Wildman–Crippen LogP) is 0.263. The van der Waals surface area contributed by atoms with E-state index in [1.165, 1.54) is 0 Å². The number of thiophene rings is 1. The number of unbranched alkanes of at least 4 members (excludes halogenated alkanes) is 2. The zero-order valence-electron chi connectivity index (χ0n) is 7.97. The van der Waals surface area contributed by atoms with E-state index in [1.807, 2.05) is 17.5 Å². The first-order valence-corrected chi connectivity index (χ1v) is 4.84. The third-order valence-corrected chi connectivity index (χ3v) is 2.17. The average Bonchev–Trinajstić information content (AvgIpc) is 2.57. The summed E-state index contributed by atoms with van der Waals surface area (Å²) in [7, 11) is 0. The summed E-state index contributed by atoms with van der Waals surface area (Å²) in [6.07, 6.45) is 5.81. The summed E-state index contributed by atoms with van der Waals surface area (Å²) in [4.78, 5) is 1.15. The summed E-state index contributed by atoms with van der Waals surface area (Å²) in [5.41, 5.74) is 0. The van der Waals surface area contributed by atoms with Crippen LogP contribution in [0.2, 0.25) is 0 Å². The minimum absolute atomic E-state index is 0. The average molecular weight is 182 g/mol. The quantitative estimate of drug-likeness (QED) is 0.272. The molecule has 0 fully saturated rings. The van der Waals surface area contributed by atoms with Crippen molar-refractivity contribution in [2.45, 2.75) is 19.3 Å². The Morgan fingerprint density at radius 2 is 2.38 bits per heavy atom. The van der Waals surface area contributed by atoms with Gasteiger partial charge in [0.05, 0.1) is 4.88 Å². The van der Waals surface area contributed by atoms with E-state index in [9.17, 15) is 0 Å². The van der Waals surface area contributed by atoms with Gasteiger partial charge in [-0.05, 0) is 11.4 Å². The van der Waals surface area contributed by atoms with E-state index in [0.29, 0.717) is 0 Å². The zero-order chi connectivity index (χ0) is 8.65. The van der Waals surface area contributed by atoms with Crippen LogP contribution in [0.25, 0.3) is 0 Å². The van der Waals surface area contributed by atoms with Crippen LogP contribution in [-0.2, 0) is 0 Å². The van der Waals surface area contributed by atoms with Crippen molar-refractivity contribution < 1.29 is 18.9 Å². The van der Waals surface area contributed by atoms with Gasteiger partial charge in [-0.25, -0.2) is 0 Å². The normalized spacial score (nSPS) is 8.00. The van der Waals surface area contributed by atoms with Crippen molar-refractivity contribution in [1.29, 1.82) is 0 Å². The van der Waals surface area contributed by atoms with Gasteiger partial charge >= 0.3 is 18.9 Å². The Morgan fingerprint density at radius 1 is 1.54 bits per heavy atom. The van der Waals surface area contributed by atoms with Crippen LogP contribution in [0.4, 0.5) is 0 Å². The zero-order valence-corrected chi connectivity index (χ0v) is 8.79. The number of allylic oxidation sites excluding steroid dienone is 1. The summed E-state index contributed by atoms with van der Waals surface area (Å²) < 4.78 is 0. The summed E-state index contributed by atoms with van der Waals surface area (Å²) in [5, 5.41) is 2.04. The van der Waals surface area contributed by atoms with Crippen molar-refractivity contribution in [3.63, 3.8) is 0 Å². The topological polar surface area (TPSA) is 0 Å². The summed E-state index contributed by atoms with van der Waals surface area (Å²) in [6, 6.07) is 4.06. The third-order valence-electron chi connectivity index (χ3n) is 1.39. The van der Waals surface area contributed by atoms with Gasteiger partial charge in [-0.1, -0.05) is 24.3 Å². The van der Waals surface area contributed by atoms with Gasteiger partial charge in [-0.2, -0.15) is 6.42 Å². The van der Waals surface area contributed by atoms with E-state index >= 15 is 0 Å². The standard InChI is InChI=1S/C11H11S.Li/c1-2-3-4-5-6-8-11-9-7-10-12-11;/h7,9-10H,1,3-5H2;/q-1;+1. The first-order valence-electron chi connectivity index (χ1n) is 3.96. The second-order valence-electron chi connectivity index (χ2n) is 2.38. The maximum atomic E-state index is 3.54. The maximum absolute atomic E-state index is 3.54. The second-order valence-corrected chi connectivity index (χ2v) is 3.33. The van der Waals surface area contributed by atoms with Crippen LogP contribution in [0.15, 0.2) is 24.1 Å². The fraction of sp³-hybridized carbons (Fsp3) is 0.273. The molecule has 0 aliphatic heterocycles. The minimum atomic E-state index is 0. The van der Waals surface area contributed by atoms with E-state index < -0.39 is 0 Å². The first kappa shape index (κ1) is 12.6. The molecule has 0 unspecified atom stereocenters. The van der Waals surface area contributed by atoms with E-state index in [-0.39, 0.29) is 18.9 Å². The molecule has 0 atom stereocenters. The van der Waals surface area contributed by atoms with Crippen LogP contribution in [0.1, 0.15) is 24.1 Å². The summed E-state index contributed by atoms with van der Waals surface area (Å²) in [6.45, 7) is 3.54. The maximum Gasteiger partial charge on any atom is 1.00 e. The van der Waals surface area contributed by atoms with Gasteiger partial charge in [0.2, 0.25) is 0 Å². The van der Waals surface area contributed by atoms with Gasteiger partial charge < -0.3 is 6.08 Å². The van der Waals surface area contributed by atoms with Crippen LogP contribution >= 0.6 is 11.3 Å². The van der Waals surface area contributed by atoms with Gasteiger partial charge in [-0.3, -0.25) is 6.58 Å². The van der Waals surface area contributed by atoms with Crippen LogP contribution in [-0.4, -0.2) is 0 Å². The van der Waals surface area contributed by atoms with Gasteiger partial charge in [0.15, 0.2) is 0 Å². The Morgan fingerprint density at radius 3 is 3.00 bits per heavy atom. The van der Waals surface area contributed by atoms with Crippen molar-refractivity contribution in [3.8, 4) is 11.8 Å². The van der Waals surface area contributed by atoms with Gasteiger partial charge in [0, 0.05) is 6.42 Å². The van der Waals surface area contributed by atoms with Crippen molar-refractivity contribution in [1.82, 2.24) is 0 Å². The smallest absolute Gasteiger partial charge is 0.504 e. The largest absolute Gasteiger partial charge is 1.00 e. The molecule has 1 heterocycles. The molecule has 1 aromatic heterocycles. The third kappa shape index (κ3) is 5.78.